The molecule has 1 amide bonds. The van der Waals surface area contributed by atoms with Crippen LogP contribution in [0.3, 0.4) is 0 Å². The molecule has 1 aromatic carbocycles. The zero-order valence-corrected chi connectivity index (χ0v) is 10.8. The molecule has 4 nitrogen and oxygen atoms in total. The van der Waals surface area contributed by atoms with E-state index in [1.807, 2.05) is 12.2 Å². The van der Waals surface area contributed by atoms with Crippen LogP contribution in [0.5, 0.6) is 5.75 Å². The molecule has 0 radical (unpaired) electrons. The fourth-order valence-electron chi connectivity index (χ4n) is 1.90. The topological polar surface area (TPSA) is 64.3 Å². The summed E-state index contributed by atoms with van der Waals surface area (Å²) >= 11 is 5.99. The van der Waals surface area contributed by atoms with Gasteiger partial charge in [-0.2, -0.15) is 0 Å². The minimum atomic E-state index is -0.166. The van der Waals surface area contributed by atoms with Gasteiger partial charge in [0.25, 0.3) is 0 Å². The zero-order valence-electron chi connectivity index (χ0n) is 10.0. The Balaban J connectivity index is 2.03. The van der Waals surface area contributed by atoms with Gasteiger partial charge in [0, 0.05) is 11.7 Å². The predicted molar refractivity (Wildman–Crippen MR) is 71.9 cm³/mol. The number of amides is 1. The Labute approximate surface area is 111 Å². The Morgan fingerprint density at radius 3 is 2.83 bits per heavy atom. The van der Waals surface area contributed by atoms with E-state index in [4.69, 9.17) is 22.1 Å². The van der Waals surface area contributed by atoms with Crippen LogP contribution >= 0.6 is 11.6 Å². The van der Waals surface area contributed by atoms with Gasteiger partial charge in [0.2, 0.25) is 5.91 Å². The first-order valence-corrected chi connectivity index (χ1v) is 6.06. The lowest BCUT2D eigenvalue weighted by Crippen LogP contribution is -2.23. The van der Waals surface area contributed by atoms with Gasteiger partial charge in [0.1, 0.15) is 5.75 Å². The number of nitrogens with two attached hydrogens (primary N) is 1. The van der Waals surface area contributed by atoms with Gasteiger partial charge in [-0.1, -0.05) is 23.8 Å². The average molecular weight is 267 g/mol. The average Bonchev–Trinajstić information content (AvgIpc) is 2.76. The van der Waals surface area contributed by atoms with Crippen molar-refractivity contribution in [3.63, 3.8) is 0 Å². The van der Waals surface area contributed by atoms with Crippen molar-refractivity contribution in [1.29, 1.82) is 0 Å². The summed E-state index contributed by atoms with van der Waals surface area (Å²) in [5.41, 5.74) is 6.37. The van der Waals surface area contributed by atoms with Gasteiger partial charge < -0.3 is 15.8 Å². The third kappa shape index (κ3) is 2.83. The molecule has 0 heterocycles. The number of halogens is 1. The summed E-state index contributed by atoms with van der Waals surface area (Å²) in [6, 6.07) is 5.10. The molecule has 1 aliphatic rings. The number of carbonyl (C=O) groups is 1. The van der Waals surface area contributed by atoms with Gasteiger partial charge in [-0.15, -0.1) is 0 Å². The Bertz CT molecular complexity index is 488. The fourth-order valence-corrected chi connectivity index (χ4v) is 2.16. The maximum absolute atomic E-state index is 11.9. The third-order valence-corrected chi connectivity index (χ3v) is 3.17. The van der Waals surface area contributed by atoms with E-state index >= 15 is 0 Å². The van der Waals surface area contributed by atoms with E-state index in [1.54, 1.807) is 25.3 Å². The highest BCUT2D eigenvalue weighted by atomic mass is 35.5. The van der Waals surface area contributed by atoms with Crippen LogP contribution in [-0.4, -0.2) is 19.1 Å². The summed E-state index contributed by atoms with van der Waals surface area (Å²) in [5, 5.41) is 3.28. The number of hydrogen-bond acceptors (Lipinski definition) is 3. The van der Waals surface area contributed by atoms with E-state index in [0.717, 1.165) is 0 Å². The summed E-state index contributed by atoms with van der Waals surface area (Å²) in [4.78, 5) is 11.9. The van der Waals surface area contributed by atoms with E-state index in [-0.39, 0.29) is 17.9 Å². The lowest BCUT2D eigenvalue weighted by molar-refractivity contribution is -0.118. The summed E-state index contributed by atoms with van der Waals surface area (Å²) in [6.07, 6.45) is 4.34. The van der Waals surface area contributed by atoms with Crippen LogP contribution in [0.2, 0.25) is 5.02 Å². The molecule has 0 bridgehead atoms. The monoisotopic (exact) mass is 266 g/mol. The van der Waals surface area contributed by atoms with Gasteiger partial charge in [-0.3, -0.25) is 4.79 Å². The van der Waals surface area contributed by atoms with Gasteiger partial charge in [0.05, 0.1) is 18.1 Å². The van der Waals surface area contributed by atoms with Crippen molar-refractivity contribution >= 4 is 23.2 Å². The molecule has 96 valence electrons. The maximum atomic E-state index is 11.9. The Morgan fingerprint density at radius 2 is 2.28 bits per heavy atom. The molecule has 2 atom stereocenters. The van der Waals surface area contributed by atoms with Crippen LogP contribution in [0.1, 0.15) is 6.42 Å². The minimum absolute atomic E-state index is 0.0276. The summed E-state index contributed by atoms with van der Waals surface area (Å²) in [7, 11) is 1.55. The summed E-state index contributed by atoms with van der Waals surface area (Å²) in [5.74, 6) is 0.346. The smallest absolute Gasteiger partial charge is 0.231 e. The number of benzene rings is 1. The number of nitrogens with one attached hydrogen (secondary N) is 1. The van der Waals surface area contributed by atoms with E-state index in [0.29, 0.717) is 22.9 Å². The van der Waals surface area contributed by atoms with E-state index in [1.165, 1.54) is 0 Å². The van der Waals surface area contributed by atoms with Gasteiger partial charge in [0.15, 0.2) is 0 Å². The Hall–Kier alpha value is -1.52. The molecule has 0 saturated heterocycles. The van der Waals surface area contributed by atoms with Crippen LogP contribution in [-0.2, 0) is 4.79 Å². The van der Waals surface area contributed by atoms with Crippen molar-refractivity contribution < 1.29 is 9.53 Å². The SMILES string of the molecule is COc1ccc(NC(=O)C2C=CC(N)C2)cc1Cl. The van der Waals surface area contributed by atoms with Crippen molar-refractivity contribution in [2.45, 2.75) is 12.5 Å². The molecule has 0 aliphatic heterocycles. The molecule has 0 aromatic heterocycles. The molecular weight excluding hydrogens is 252 g/mol. The molecule has 2 unspecified atom stereocenters. The first-order valence-electron chi connectivity index (χ1n) is 5.68. The number of ether oxygens (including phenoxy) is 1. The largest absolute Gasteiger partial charge is 0.495 e. The van der Waals surface area contributed by atoms with Crippen molar-refractivity contribution in [1.82, 2.24) is 0 Å². The highest BCUT2D eigenvalue weighted by molar-refractivity contribution is 6.32. The molecule has 0 saturated carbocycles. The molecule has 18 heavy (non-hydrogen) atoms. The lowest BCUT2D eigenvalue weighted by Gasteiger charge is -2.11. The Kier molecular flexibility index (Phi) is 3.89. The Morgan fingerprint density at radius 1 is 1.50 bits per heavy atom. The van der Waals surface area contributed by atoms with E-state index < -0.39 is 0 Å². The first-order chi connectivity index (χ1) is 8.60. The minimum Gasteiger partial charge on any atom is -0.495 e. The number of methoxy groups -OCH3 is 1. The second-order valence-corrected chi connectivity index (χ2v) is 4.64. The number of anilines is 1. The van der Waals surface area contributed by atoms with E-state index in [9.17, 15) is 4.79 Å². The number of carbonyl (C=O) groups excluding carboxylic acids is 1. The number of hydrogen-bond donors (Lipinski definition) is 2. The molecular formula is C13H15ClN2O2. The van der Waals surface area contributed by atoms with Crippen molar-refractivity contribution in [3.8, 4) is 5.75 Å². The molecule has 0 spiro atoms. The quantitative estimate of drug-likeness (QED) is 0.825. The molecule has 1 aromatic rings. The molecule has 2 rings (SSSR count). The van der Waals surface area contributed by atoms with Crippen LogP contribution < -0.4 is 15.8 Å². The lowest BCUT2D eigenvalue weighted by atomic mass is 10.1. The normalized spacial score (nSPS) is 21.9. The van der Waals surface area contributed by atoms with Crippen LogP contribution in [0.4, 0.5) is 5.69 Å². The summed E-state index contributed by atoms with van der Waals surface area (Å²) < 4.78 is 5.05. The second kappa shape index (κ2) is 5.42. The van der Waals surface area contributed by atoms with Crippen molar-refractivity contribution in [3.05, 3.63) is 35.4 Å². The van der Waals surface area contributed by atoms with Crippen LogP contribution in [0.25, 0.3) is 0 Å². The predicted octanol–water partition coefficient (Wildman–Crippen LogP) is 2.19. The fraction of sp³-hybridized carbons (Fsp3) is 0.308. The van der Waals surface area contributed by atoms with Crippen molar-refractivity contribution in [2.75, 3.05) is 12.4 Å². The van der Waals surface area contributed by atoms with Gasteiger partial charge >= 0.3 is 0 Å². The standard InChI is InChI=1S/C13H15ClN2O2/c1-18-12-5-4-10(7-11(12)14)16-13(17)8-2-3-9(15)6-8/h2-5,7-9H,6,15H2,1H3,(H,16,17). The molecule has 3 N–H and O–H groups in total. The molecule has 5 heteroatoms. The highest BCUT2D eigenvalue weighted by Gasteiger charge is 2.22. The van der Waals surface area contributed by atoms with E-state index in [2.05, 4.69) is 5.32 Å². The molecule has 0 fully saturated rings. The zero-order chi connectivity index (χ0) is 13.1. The second-order valence-electron chi connectivity index (χ2n) is 4.23. The maximum Gasteiger partial charge on any atom is 0.231 e. The number of rotatable bonds is 3. The van der Waals surface area contributed by atoms with Crippen molar-refractivity contribution in [2.24, 2.45) is 11.7 Å². The summed E-state index contributed by atoms with van der Waals surface area (Å²) in [6.45, 7) is 0. The first kappa shape index (κ1) is 12.9. The molecule has 1 aliphatic carbocycles. The van der Waals surface area contributed by atoms with Gasteiger partial charge in [-0.25, -0.2) is 0 Å². The highest BCUT2D eigenvalue weighted by Crippen LogP contribution is 2.28. The van der Waals surface area contributed by atoms with Crippen LogP contribution in [0.15, 0.2) is 30.4 Å². The van der Waals surface area contributed by atoms with Gasteiger partial charge in [-0.05, 0) is 24.6 Å². The van der Waals surface area contributed by atoms with Crippen LogP contribution in [0, 0.1) is 5.92 Å². The third-order valence-electron chi connectivity index (χ3n) is 2.87.